The van der Waals surface area contributed by atoms with Gasteiger partial charge in [0.05, 0.1) is 5.56 Å². The lowest BCUT2D eigenvalue weighted by molar-refractivity contribution is -0.137. The summed E-state index contributed by atoms with van der Waals surface area (Å²) in [6, 6.07) is 14.9. The highest BCUT2D eigenvalue weighted by Crippen LogP contribution is 2.34. The molecule has 2 aromatic carbocycles. The fraction of sp³-hybridized carbons (Fsp3) is 0.350. The maximum Gasteiger partial charge on any atom is 0.418 e. The van der Waals surface area contributed by atoms with Gasteiger partial charge in [-0.3, -0.25) is 4.79 Å². The number of para-hydroxylation sites is 1. The van der Waals surface area contributed by atoms with E-state index >= 15 is 0 Å². The van der Waals surface area contributed by atoms with Crippen LogP contribution in [0.15, 0.2) is 54.6 Å². The van der Waals surface area contributed by atoms with Crippen LogP contribution in [0.1, 0.15) is 31.4 Å². The zero-order chi connectivity index (χ0) is 19.2. The van der Waals surface area contributed by atoms with E-state index in [1.54, 1.807) is 4.90 Å². The number of benzene rings is 2. The Kier molecular flexibility index (Phi) is 6.66. The van der Waals surface area contributed by atoms with E-state index in [1.807, 2.05) is 44.2 Å². The molecule has 2 rings (SSSR count). The predicted octanol–water partition coefficient (Wildman–Crippen LogP) is 4.94. The van der Waals surface area contributed by atoms with Crippen molar-refractivity contribution < 1.29 is 18.0 Å². The lowest BCUT2D eigenvalue weighted by Crippen LogP contribution is -2.37. The van der Waals surface area contributed by atoms with E-state index in [0.29, 0.717) is 6.54 Å². The van der Waals surface area contributed by atoms with Crippen LogP contribution in [0.3, 0.4) is 0 Å². The first-order valence-electron chi connectivity index (χ1n) is 8.52. The summed E-state index contributed by atoms with van der Waals surface area (Å²) in [6.45, 7) is 4.47. The number of nitrogens with zero attached hydrogens (tertiary/aromatic N) is 1. The van der Waals surface area contributed by atoms with Gasteiger partial charge in [-0.05, 0) is 31.5 Å². The minimum Gasteiger partial charge on any atom is -0.384 e. The summed E-state index contributed by atoms with van der Waals surface area (Å²) in [7, 11) is 0. The summed E-state index contributed by atoms with van der Waals surface area (Å²) in [4.78, 5) is 14.3. The summed E-state index contributed by atoms with van der Waals surface area (Å²) in [6.07, 6.45) is -4.30. The highest BCUT2D eigenvalue weighted by Gasteiger charge is 2.33. The van der Waals surface area contributed by atoms with Gasteiger partial charge in [0, 0.05) is 31.2 Å². The molecule has 0 aliphatic rings. The Bertz CT molecular complexity index is 714. The number of halogens is 3. The van der Waals surface area contributed by atoms with Crippen LogP contribution in [0.25, 0.3) is 0 Å². The van der Waals surface area contributed by atoms with E-state index in [-0.39, 0.29) is 30.6 Å². The molecule has 0 aliphatic heterocycles. The van der Waals surface area contributed by atoms with Gasteiger partial charge in [-0.25, -0.2) is 0 Å². The monoisotopic (exact) mass is 364 g/mol. The van der Waals surface area contributed by atoms with Crippen LogP contribution in [-0.4, -0.2) is 23.4 Å². The Morgan fingerprint density at radius 2 is 1.65 bits per heavy atom. The molecule has 0 saturated heterocycles. The average molecular weight is 364 g/mol. The quantitative estimate of drug-likeness (QED) is 0.754. The fourth-order valence-corrected chi connectivity index (χ4v) is 2.67. The maximum absolute atomic E-state index is 13.0. The molecule has 0 fully saturated rings. The third kappa shape index (κ3) is 5.51. The van der Waals surface area contributed by atoms with E-state index in [2.05, 4.69) is 5.32 Å². The summed E-state index contributed by atoms with van der Waals surface area (Å²) < 4.78 is 39.0. The van der Waals surface area contributed by atoms with Gasteiger partial charge in [-0.2, -0.15) is 13.2 Å². The van der Waals surface area contributed by atoms with Crippen molar-refractivity contribution in [3.63, 3.8) is 0 Å². The van der Waals surface area contributed by atoms with Gasteiger partial charge in [0.2, 0.25) is 5.91 Å². The van der Waals surface area contributed by atoms with Crippen LogP contribution < -0.4 is 5.32 Å². The van der Waals surface area contributed by atoms with Gasteiger partial charge in [0.15, 0.2) is 0 Å². The average Bonchev–Trinajstić information content (AvgIpc) is 2.59. The number of carbonyl (C=O) groups excluding carboxylic acids is 1. The molecule has 1 amide bonds. The molecule has 3 nitrogen and oxygen atoms in total. The zero-order valence-corrected chi connectivity index (χ0v) is 14.9. The van der Waals surface area contributed by atoms with E-state index in [9.17, 15) is 18.0 Å². The smallest absolute Gasteiger partial charge is 0.384 e. The minimum absolute atomic E-state index is 0.00478. The van der Waals surface area contributed by atoms with Gasteiger partial charge in [-0.1, -0.05) is 42.5 Å². The highest BCUT2D eigenvalue weighted by molar-refractivity contribution is 5.77. The van der Waals surface area contributed by atoms with Crippen molar-refractivity contribution in [1.82, 2.24) is 4.90 Å². The third-order valence-electron chi connectivity index (χ3n) is 4.03. The van der Waals surface area contributed by atoms with Crippen molar-refractivity contribution in [3.8, 4) is 0 Å². The standard InChI is InChI=1S/C20H23F3N2O/c1-15(2)25(14-16-8-4-3-5-9-16)19(26)12-13-24-18-11-7-6-10-17(18)20(21,22)23/h3-11,15,24H,12-14H2,1-2H3. The Hall–Kier alpha value is -2.50. The molecule has 0 spiro atoms. The van der Waals surface area contributed by atoms with Crippen molar-refractivity contribution >= 4 is 11.6 Å². The van der Waals surface area contributed by atoms with Gasteiger partial charge >= 0.3 is 6.18 Å². The topological polar surface area (TPSA) is 32.3 Å². The van der Waals surface area contributed by atoms with E-state index < -0.39 is 11.7 Å². The molecule has 0 radical (unpaired) electrons. The van der Waals surface area contributed by atoms with E-state index in [4.69, 9.17) is 0 Å². The van der Waals surface area contributed by atoms with Gasteiger partial charge in [0.25, 0.3) is 0 Å². The third-order valence-corrected chi connectivity index (χ3v) is 4.03. The number of anilines is 1. The summed E-state index contributed by atoms with van der Waals surface area (Å²) in [5, 5.41) is 2.74. The highest BCUT2D eigenvalue weighted by atomic mass is 19.4. The van der Waals surface area contributed by atoms with E-state index in [0.717, 1.165) is 11.6 Å². The van der Waals surface area contributed by atoms with Gasteiger partial charge in [-0.15, -0.1) is 0 Å². The van der Waals surface area contributed by atoms with Gasteiger partial charge in [0.1, 0.15) is 0 Å². The summed E-state index contributed by atoms with van der Waals surface area (Å²) in [5.41, 5.74) is 0.286. The number of hydrogen-bond acceptors (Lipinski definition) is 2. The molecule has 0 unspecified atom stereocenters. The molecule has 0 aromatic heterocycles. The van der Waals surface area contributed by atoms with Gasteiger partial charge < -0.3 is 10.2 Å². The van der Waals surface area contributed by atoms with Crippen molar-refractivity contribution in [2.75, 3.05) is 11.9 Å². The lowest BCUT2D eigenvalue weighted by Gasteiger charge is -2.27. The first-order valence-corrected chi connectivity index (χ1v) is 8.52. The van der Waals surface area contributed by atoms with Crippen LogP contribution in [0, 0.1) is 0 Å². The molecular weight excluding hydrogens is 341 g/mol. The molecule has 0 heterocycles. The molecule has 0 atom stereocenters. The maximum atomic E-state index is 13.0. The number of alkyl halides is 3. The van der Waals surface area contributed by atoms with Crippen LogP contribution >= 0.6 is 0 Å². The second-order valence-electron chi connectivity index (χ2n) is 6.32. The molecule has 0 bridgehead atoms. The Balaban J connectivity index is 1.97. The normalized spacial score (nSPS) is 11.5. The van der Waals surface area contributed by atoms with Crippen LogP contribution in [0.4, 0.5) is 18.9 Å². The first kappa shape index (κ1) is 19.8. The number of amides is 1. The van der Waals surface area contributed by atoms with Crippen LogP contribution in [-0.2, 0) is 17.5 Å². The number of nitrogens with one attached hydrogen (secondary N) is 1. The fourth-order valence-electron chi connectivity index (χ4n) is 2.67. The van der Waals surface area contributed by atoms with E-state index in [1.165, 1.54) is 18.2 Å². The number of rotatable bonds is 7. The first-order chi connectivity index (χ1) is 12.3. The van der Waals surface area contributed by atoms with Crippen molar-refractivity contribution in [3.05, 3.63) is 65.7 Å². The Morgan fingerprint density at radius 3 is 2.27 bits per heavy atom. The zero-order valence-electron chi connectivity index (χ0n) is 14.9. The van der Waals surface area contributed by atoms with Crippen molar-refractivity contribution in [2.24, 2.45) is 0 Å². The Morgan fingerprint density at radius 1 is 1.04 bits per heavy atom. The number of carbonyl (C=O) groups is 1. The van der Waals surface area contributed by atoms with Crippen molar-refractivity contribution in [2.45, 2.75) is 39.0 Å². The second kappa shape index (κ2) is 8.74. The molecule has 0 saturated carbocycles. The number of hydrogen-bond donors (Lipinski definition) is 1. The predicted molar refractivity (Wildman–Crippen MR) is 96.7 cm³/mol. The van der Waals surface area contributed by atoms with Crippen LogP contribution in [0.5, 0.6) is 0 Å². The molecule has 26 heavy (non-hydrogen) atoms. The molecule has 1 N–H and O–H groups in total. The minimum atomic E-state index is -4.43. The molecule has 0 aliphatic carbocycles. The van der Waals surface area contributed by atoms with Crippen molar-refractivity contribution in [1.29, 1.82) is 0 Å². The lowest BCUT2D eigenvalue weighted by atomic mass is 10.1. The molecule has 140 valence electrons. The Labute approximate surface area is 151 Å². The molecular formula is C20H23F3N2O. The SMILES string of the molecule is CC(C)N(Cc1ccccc1)C(=O)CCNc1ccccc1C(F)(F)F. The molecule has 6 heteroatoms. The second-order valence-corrected chi connectivity index (χ2v) is 6.32. The summed E-state index contributed by atoms with van der Waals surface area (Å²) >= 11 is 0. The summed E-state index contributed by atoms with van der Waals surface area (Å²) in [5.74, 6) is -0.0964. The molecule has 2 aromatic rings. The largest absolute Gasteiger partial charge is 0.418 e. The van der Waals surface area contributed by atoms with Crippen LogP contribution in [0.2, 0.25) is 0 Å².